The summed E-state index contributed by atoms with van der Waals surface area (Å²) in [7, 11) is 0. The fourth-order valence-electron chi connectivity index (χ4n) is 2.96. The molecule has 1 aliphatic heterocycles. The number of benzene rings is 1. The van der Waals surface area contributed by atoms with Crippen LogP contribution >= 0.6 is 0 Å². The third-order valence-electron chi connectivity index (χ3n) is 4.27. The van der Waals surface area contributed by atoms with E-state index in [0.717, 1.165) is 11.1 Å². The Morgan fingerprint density at radius 3 is 2.60 bits per heavy atom. The van der Waals surface area contributed by atoms with Gasteiger partial charge in [0.05, 0.1) is 11.2 Å². The average molecular weight is 355 g/mol. The molecule has 0 aliphatic carbocycles. The molecular formula is C17H17F4N3O. The minimum Gasteiger partial charge on any atom is -0.345 e. The number of likely N-dealkylation sites (tertiary alicyclic amines) is 1. The lowest BCUT2D eigenvalue weighted by molar-refractivity contribution is -0.174. The molecule has 1 aliphatic rings. The summed E-state index contributed by atoms with van der Waals surface area (Å²) in [5.41, 5.74) is 1.52. The van der Waals surface area contributed by atoms with Crippen LogP contribution in [0.2, 0.25) is 0 Å². The number of aromatic nitrogens is 1. The largest absolute Gasteiger partial charge is 0.471 e. The lowest BCUT2D eigenvalue weighted by Gasteiger charge is -2.32. The van der Waals surface area contributed by atoms with Crippen LogP contribution in [0.5, 0.6) is 0 Å². The first-order valence-electron chi connectivity index (χ1n) is 7.96. The number of amides is 1. The van der Waals surface area contributed by atoms with Crippen molar-refractivity contribution in [3.8, 4) is 0 Å². The topological polar surface area (TPSA) is 45.2 Å². The van der Waals surface area contributed by atoms with Gasteiger partial charge >= 0.3 is 12.1 Å². The van der Waals surface area contributed by atoms with Gasteiger partial charge in [-0.25, -0.2) is 4.39 Å². The number of alkyl halides is 3. The SMILES string of the molecule is O=C(NC1CCN(Cc2ccc3cc(F)ccc3n2)CC1)C(F)(F)F. The summed E-state index contributed by atoms with van der Waals surface area (Å²) in [5.74, 6) is -2.19. The molecule has 0 atom stereocenters. The zero-order chi connectivity index (χ0) is 18.0. The van der Waals surface area contributed by atoms with Gasteiger partial charge in [0, 0.05) is 31.1 Å². The lowest BCUT2D eigenvalue weighted by Crippen LogP contribution is -2.48. The second-order valence-electron chi connectivity index (χ2n) is 6.16. The van der Waals surface area contributed by atoms with Crippen molar-refractivity contribution >= 4 is 16.8 Å². The van der Waals surface area contributed by atoms with Gasteiger partial charge in [0.15, 0.2) is 0 Å². The second-order valence-corrected chi connectivity index (χ2v) is 6.16. The minimum atomic E-state index is -4.84. The maximum absolute atomic E-state index is 13.2. The molecule has 1 aromatic carbocycles. The molecule has 1 fully saturated rings. The molecule has 25 heavy (non-hydrogen) atoms. The molecule has 3 rings (SSSR count). The van der Waals surface area contributed by atoms with Crippen LogP contribution in [0.25, 0.3) is 10.9 Å². The molecule has 1 aromatic heterocycles. The number of hydrogen-bond acceptors (Lipinski definition) is 3. The first kappa shape index (κ1) is 17.6. The standard InChI is InChI=1S/C17H17F4N3O/c18-12-2-4-15-11(9-12)1-3-14(22-15)10-24-7-5-13(6-8-24)23-16(25)17(19,20)21/h1-4,9,13H,5-8,10H2,(H,23,25). The molecule has 1 saturated heterocycles. The van der Waals surface area contributed by atoms with E-state index in [-0.39, 0.29) is 5.82 Å². The van der Waals surface area contributed by atoms with Crippen molar-refractivity contribution in [1.82, 2.24) is 15.2 Å². The van der Waals surface area contributed by atoms with E-state index in [4.69, 9.17) is 0 Å². The van der Waals surface area contributed by atoms with Crippen molar-refractivity contribution < 1.29 is 22.4 Å². The van der Waals surface area contributed by atoms with E-state index in [2.05, 4.69) is 9.88 Å². The van der Waals surface area contributed by atoms with Crippen LogP contribution < -0.4 is 5.32 Å². The Morgan fingerprint density at radius 1 is 1.20 bits per heavy atom. The van der Waals surface area contributed by atoms with E-state index in [0.29, 0.717) is 38.0 Å². The summed E-state index contributed by atoms with van der Waals surface area (Å²) in [6.07, 6.45) is -3.92. The quantitative estimate of drug-likeness (QED) is 0.861. The van der Waals surface area contributed by atoms with Gasteiger partial charge in [-0.15, -0.1) is 0 Å². The number of rotatable bonds is 3. The maximum atomic E-state index is 13.2. The summed E-state index contributed by atoms with van der Waals surface area (Å²) < 4.78 is 50.0. The molecule has 1 amide bonds. The Labute approximate surface area is 141 Å². The van der Waals surface area contributed by atoms with Crippen LogP contribution in [0, 0.1) is 5.82 Å². The zero-order valence-corrected chi connectivity index (χ0v) is 13.3. The molecule has 0 radical (unpaired) electrons. The molecule has 0 unspecified atom stereocenters. The Bertz CT molecular complexity index is 770. The molecule has 134 valence electrons. The Balaban J connectivity index is 1.55. The highest BCUT2D eigenvalue weighted by molar-refractivity contribution is 5.82. The Morgan fingerprint density at radius 2 is 1.92 bits per heavy atom. The average Bonchev–Trinajstić information content (AvgIpc) is 2.56. The van der Waals surface area contributed by atoms with Gasteiger partial charge in [0.1, 0.15) is 5.82 Å². The summed E-state index contributed by atoms with van der Waals surface area (Å²) in [6, 6.07) is 7.55. The number of nitrogens with zero attached hydrogens (tertiary/aromatic N) is 2. The molecule has 0 spiro atoms. The molecular weight excluding hydrogens is 338 g/mol. The number of nitrogens with one attached hydrogen (secondary N) is 1. The van der Waals surface area contributed by atoms with Gasteiger partial charge in [-0.05, 0) is 37.1 Å². The summed E-state index contributed by atoms with van der Waals surface area (Å²) in [6.45, 7) is 1.71. The highest BCUT2D eigenvalue weighted by Crippen LogP contribution is 2.19. The fraction of sp³-hybridized carbons (Fsp3) is 0.412. The Hall–Kier alpha value is -2.22. The van der Waals surface area contributed by atoms with Gasteiger partial charge in [-0.3, -0.25) is 14.7 Å². The summed E-state index contributed by atoms with van der Waals surface area (Å²) in [4.78, 5) is 17.5. The van der Waals surface area contributed by atoms with Gasteiger partial charge in [0.2, 0.25) is 0 Å². The van der Waals surface area contributed by atoms with Crippen LogP contribution in [0.15, 0.2) is 30.3 Å². The molecule has 0 saturated carbocycles. The van der Waals surface area contributed by atoms with Gasteiger partial charge in [-0.2, -0.15) is 13.2 Å². The molecule has 8 heteroatoms. The van der Waals surface area contributed by atoms with E-state index in [9.17, 15) is 22.4 Å². The van der Waals surface area contributed by atoms with Crippen molar-refractivity contribution in [2.45, 2.75) is 31.6 Å². The molecule has 1 N–H and O–H groups in total. The van der Waals surface area contributed by atoms with Crippen LogP contribution in [0.4, 0.5) is 17.6 Å². The number of pyridine rings is 1. The number of hydrogen-bond donors (Lipinski definition) is 1. The van der Waals surface area contributed by atoms with E-state index in [1.807, 2.05) is 11.4 Å². The Kier molecular flexibility index (Phi) is 4.89. The van der Waals surface area contributed by atoms with Crippen molar-refractivity contribution in [1.29, 1.82) is 0 Å². The lowest BCUT2D eigenvalue weighted by atomic mass is 10.0. The van der Waals surface area contributed by atoms with Crippen molar-refractivity contribution in [3.05, 3.63) is 41.8 Å². The highest BCUT2D eigenvalue weighted by Gasteiger charge is 2.40. The van der Waals surface area contributed by atoms with E-state index in [1.54, 1.807) is 12.1 Å². The van der Waals surface area contributed by atoms with Crippen LogP contribution in [-0.4, -0.2) is 41.1 Å². The zero-order valence-electron chi connectivity index (χ0n) is 13.3. The molecule has 0 bridgehead atoms. The van der Waals surface area contributed by atoms with Gasteiger partial charge in [-0.1, -0.05) is 6.07 Å². The fourth-order valence-corrected chi connectivity index (χ4v) is 2.96. The number of piperidine rings is 1. The summed E-state index contributed by atoms with van der Waals surface area (Å²) in [5, 5.41) is 2.75. The predicted octanol–water partition coefficient (Wildman–Crippen LogP) is 3.02. The third kappa shape index (κ3) is 4.45. The smallest absolute Gasteiger partial charge is 0.345 e. The van der Waals surface area contributed by atoms with Gasteiger partial charge < -0.3 is 5.32 Å². The van der Waals surface area contributed by atoms with Gasteiger partial charge in [0.25, 0.3) is 0 Å². The first-order chi connectivity index (χ1) is 11.8. The van der Waals surface area contributed by atoms with E-state index in [1.165, 1.54) is 12.1 Å². The van der Waals surface area contributed by atoms with Crippen molar-refractivity contribution in [2.24, 2.45) is 0 Å². The van der Waals surface area contributed by atoms with Crippen LogP contribution in [0.3, 0.4) is 0 Å². The van der Waals surface area contributed by atoms with Crippen molar-refractivity contribution in [2.75, 3.05) is 13.1 Å². The maximum Gasteiger partial charge on any atom is 0.471 e. The van der Waals surface area contributed by atoms with Crippen molar-refractivity contribution in [3.63, 3.8) is 0 Å². The third-order valence-corrected chi connectivity index (χ3v) is 4.27. The number of fused-ring (bicyclic) bond motifs is 1. The molecule has 2 aromatic rings. The number of carbonyl (C=O) groups excluding carboxylic acids is 1. The number of carbonyl (C=O) groups is 1. The summed E-state index contributed by atoms with van der Waals surface area (Å²) >= 11 is 0. The van der Waals surface area contributed by atoms with E-state index < -0.39 is 18.1 Å². The minimum absolute atomic E-state index is 0.315. The molecule has 4 nitrogen and oxygen atoms in total. The molecule has 2 heterocycles. The van der Waals surface area contributed by atoms with E-state index >= 15 is 0 Å². The predicted molar refractivity (Wildman–Crippen MR) is 84.2 cm³/mol. The number of halogens is 4. The second kappa shape index (κ2) is 6.95. The first-order valence-corrected chi connectivity index (χ1v) is 7.96. The highest BCUT2D eigenvalue weighted by atomic mass is 19.4. The monoisotopic (exact) mass is 355 g/mol. The van der Waals surface area contributed by atoms with Crippen LogP contribution in [0.1, 0.15) is 18.5 Å². The van der Waals surface area contributed by atoms with Crippen LogP contribution in [-0.2, 0) is 11.3 Å². The normalized spacial score (nSPS) is 17.0.